The Morgan fingerprint density at radius 3 is 2.38 bits per heavy atom. The number of hydrogen-bond donors (Lipinski definition) is 3. The SMILES string of the molecule is CNS(=O)(=O)c1ccc(C)c(C(=O)NNc2ccc(Cl)c(Cl)c2)c1. The highest BCUT2D eigenvalue weighted by molar-refractivity contribution is 7.89. The minimum absolute atomic E-state index is 0.00953. The molecule has 2 rings (SSSR count). The van der Waals surface area contributed by atoms with Crippen molar-refractivity contribution in [2.24, 2.45) is 0 Å². The Balaban J connectivity index is 2.20. The highest BCUT2D eigenvalue weighted by atomic mass is 35.5. The first kappa shape index (κ1) is 18.5. The van der Waals surface area contributed by atoms with Crippen LogP contribution in [0.5, 0.6) is 0 Å². The Labute approximate surface area is 150 Å². The molecule has 0 aliphatic carbocycles. The molecule has 0 atom stereocenters. The summed E-state index contributed by atoms with van der Waals surface area (Å²) in [5.41, 5.74) is 6.61. The average Bonchev–Trinajstić information content (AvgIpc) is 2.55. The summed E-state index contributed by atoms with van der Waals surface area (Å²) in [6, 6.07) is 9.10. The van der Waals surface area contributed by atoms with Gasteiger partial charge < -0.3 is 0 Å². The van der Waals surface area contributed by atoms with E-state index in [0.29, 0.717) is 21.3 Å². The zero-order chi connectivity index (χ0) is 17.9. The van der Waals surface area contributed by atoms with Crippen molar-refractivity contribution in [1.82, 2.24) is 10.1 Å². The Kier molecular flexibility index (Phi) is 5.71. The minimum atomic E-state index is -3.63. The molecule has 0 heterocycles. The Bertz CT molecular complexity index is 886. The number of rotatable bonds is 5. The number of carbonyl (C=O) groups is 1. The molecule has 0 saturated carbocycles. The van der Waals surface area contributed by atoms with E-state index in [1.54, 1.807) is 31.2 Å². The summed E-state index contributed by atoms with van der Waals surface area (Å²) in [5.74, 6) is -0.480. The first-order valence-electron chi connectivity index (χ1n) is 6.80. The monoisotopic (exact) mass is 387 g/mol. The van der Waals surface area contributed by atoms with E-state index in [4.69, 9.17) is 23.2 Å². The van der Waals surface area contributed by atoms with Crippen molar-refractivity contribution >= 4 is 44.8 Å². The molecular formula is C15H15Cl2N3O3S. The molecule has 0 aliphatic rings. The van der Waals surface area contributed by atoms with Crippen molar-refractivity contribution in [3.63, 3.8) is 0 Å². The first-order chi connectivity index (χ1) is 11.2. The molecule has 0 aromatic heterocycles. The predicted octanol–water partition coefficient (Wildman–Crippen LogP) is 2.97. The number of hydrazine groups is 1. The van der Waals surface area contributed by atoms with Gasteiger partial charge in [-0.15, -0.1) is 0 Å². The van der Waals surface area contributed by atoms with Crippen molar-refractivity contribution in [2.75, 3.05) is 12.5 Å². The number of halogens is 2. The number of hydrogen-bond acceptors (Lipinski definition) is 4. The third-order valence-electron chi connectivity index (χ3n) is 3.27. The molecule has 1 amide bonds. The van der Waals surface area contributed by atoms with Crippen LogP contribution in [0.2, 0.25) is 10.0 Å². The molecule has 24 heavy (non-hydrogen) atoms. The van der Waals surface area contributed by atoms with Gasteiger partial charge in [-0.1, -0.05) is 29.3 Å². The number of anilines is 1. The maximum absolute atomic E-state index is 12.3. The molecule has 128 valence electrons. The molecule has 0 aliphatic heterocycles. The zero-order valence-corrected chi connectivity index (χ0v) is 15.2. The highest BCUT2D eigenvalue weighted by Crippen LogP contribution is 2.24. The molecule has 0 radical (unpaired) electrons. The highest BCUT2D eigenvalue weighted by Gasteiger charge is 2.16. The summed E-state index contributed by atoms with van der Waals surface area (Å²) >= 11 is 11.7. The van der Waals surface area contributed by atoms with Gasteiger partial charge in [-0.3, -0.25) is 15.6 Å². The standard InChI is InChI=1S/C15H15Cl2N3O3S/c1-9-3-5-11(24(22,23)18-2)8-12(9)15(21)20-19-10-4-6-13(16)14(17)7-10/h3-8,18-19H,1-2H3,(H,20,21). The van der Waals surface area contributed by atoms with E-state index in [1.165, 1.54) is 19.2 Å². The van der Waals surface area contributed by atoms with Crippen molar-refractivity contribution in [2.45, 2.75) is 11.8 Å². The summed E-state index contributed by atoms with van der Waals surface area (Å²) in [5, 5.41) is 0.739. The summed E-state index contributed by atoms with van der Waals surface area (Å²) < 4.78 is 25.9. The number of carbonyl (C=O) groups excluding carboxylic acids is 1. The van der Waals surface area contributed by atoms with Crippen LogP contribution in [-0.2, 0) is 10.0 Å². The molecule has 0 bridgehead atoms. The van der Waals surface area contributed by atoms with Gasteiger partial charge in [0.2, 0.25) is 10.0 Å². The Morgan fingerprint density at radius 2 is 1.75 bits per heavy atom. The van der Waals surface area contributed by atoms with Gasteiger partial charge >= 0.3 is 0 Å². The quantitative estimate of drug-likeness (QED) is 0.688. The van der Waals surface area contributed by atoms with Crippen LogP contribution in [0.25, 0.3) is 0 Å². The number of benzene rings is 2. The van der Waals surface area contributed by atoms with Crippen LogP contribution in [0.15, 0.2) is 41.3 Å². The lowest BCUT2D eigenvalue weighted by molar-refractivity contribution is 0.0962. The van der Waals surface area contributed by atoms with E-state index >= 15 is 0 Å². The number of nitrogens with one attached hydrogen (secondary N) is 3. The van der Waals surface area contributed by atoms with Gasteiger partial charge in [0, 0.05) is 5.56 Å². The fraction of sp³-hybridized carbons (Fsp3) is 0.133. The third-order valence-corrected chi connectivity index (χ3v) is 5.42. The molecule has 0 unspecified atom stereocenters. The number of amides is 1. The van der Waals surface area contributed by atoms with Crippen LogP contribution in [-0.4, -0.2) is 21.4 Å². The summed E-state index contributed by atoms with van der Waals surface area (Å²) in [6.45, 7) is 1.71. The van der Waals surface area contributed by atoms with Crippen molar-refractivity contribution in [3.05, 3.63) is 57.6 Å². The second-order valence-electron chi connectivity index (χ2n) is 4.89. The summed E-state index contributed by atoms with van der Waals surface area (Å²) in [4.78, 5) is 12.3. The van der Waals surface area contributed by atoms with E-state index in [9.17, 15) is 13.2 Å². The molecule has 2 aromatic carbocycles. The second kappa shape index (κ2) is 7.40. The lowest BCUT2D eigenvalue weighted by Gasteiger charge is -2.12. The number of aryl methyl sites for hydroxylation is 1. The Hall–Kier alpha value is -1.80. The summed E-state index contributed by atoms with van der Waals surface area (Å²) in [7, 11) is -2.32. The molecule has 0 saturated heterocycles. The van der Waals surface area contributed by atoms with Gasteiger partial charge in [-0.05, 0) is 49.9 Å². The van der Waals surface area contributed by atoms with Gasteiger partial charge in [0.25, 0.3) is 5.91 Å². The van der Waals surface area contributed by atoms with Gasteiger partial charge in [-0.25, -0.2) is 13.1 Å². The fourth-order valence-corrected chi connectivity index (χ4v) is 2.95. The van der Waals surface area contributed by atoms with Crippen LogP contribution >= 0.6 is 23.2 Å². The minimum Gasteiger partial charge on any atom is -0.298 e. The van der Waals surface area contributed by atoms with E-state index < -0.39 is 15.9 Å². The topological polar surface area (TPSA) is 87.3 Å². The van der Waals surface area contributed by atoms with Crippen LogP contribution in [0.1, 0.15) is 15.9 Å². The van der Waals surface area contributed by atoms with Gasteiger partial charge in [0.15, 0.2) is 0 Å². The molecule has 9 heteroatoms. The normalized spacial score (nSPS) is 11.2. The van der Waals surface area contributed by atoms with Gasteiger partial charge in [0.1, 0.15) is 0 Å². The largest absolute Gasteiger partial charge is 0.298 e. The molecule has 3 N–H and O–H groups in total. The van der Waals surface area contributed by atoms with E-state index in [0.717, 1.165) is 0 Å². The number of sulfonamides is 1. The summed E-state index contributed by atoms with van der Waals surface area (Å²) in [6.07, 6.45) is 0. The van der Waals surface area contributed by atoms with E-state index in [1.807, 2.05) is 0 Å². The maximum atomic E-state index is 12.3. The molecule has 2 aromatic rings. The van der Waals surface area contributed by atoms with Crippen LogP contribution in [0.3, 0.4) is 0 Å². The van der Waals surface area contributed by atoms with E-state index in [2.05, 4.69) is 15.6 Å². The first-order valence-corrected chi connectivity index (χ1v) is 9.04. The predicted molar refractivity (Wildman–Crippen MR) is 95.0 cm³/mol. The fourth-order valence-electron chi connectivity index (χ4n) is 1.90. The van der Waals surface area contributed by atoms with Crippen LogP contribution in [0, 0.1) is 6.92 Å². The second-order valence-corrected chi connectivity index (χ2v) is 7.59. The maximum Gasteiger partial charge on any atom is 0.269 e. The molecular weight excluding hydrogens is 373 g/mol. The molecule has 0 fully saturated rings. The van der Waals surface area contributed by atoms with Gasteiger partial charge in [0.05, 0.1) is 20.6 Å². The smallest absolute Gasteiger partial charge is 0.269 e. The molecule has 6 nitrogen and oxygen atoms in total. The zero-order valence-electron chi connectivity index (χ0n) is 12.9. The van der Waals surface area contributed by atoms with Crippen molar-refractivity contribution in [3.8, 4) is 0 Å². The van der Waals surface area contributed by atoms with Crippen LogP contribution < -0.4 is 15.6 Å². The van der Waals surface area contributed by atoms with E-state index in [-0.39, 0.29) is 10.5 Å². The lowest BCUT2D eigenvalue weighted by Crippen LogP contribution is -2.30. The third kappa shape index (κ3) is 4.18. The van der Waals surface area contributed by atoms with Gasteiger partial charge in [-0.2, -0.15) is 0 Å². The van der Waals surface area contributed by atoms with Crippen molar-refractivity contribution < 1.29 is 13.2 Å². The van der Waals surface area contributed by atoms with Crippen molar-refractivity contribution in [1.29, 1.82) is 0 Å². The van der Waals surface area contributed by atoms with Crippen LogP contribution in [0.4, 0.5) is 5.69 Å². The average molecular weight is 388 g/mol. The Morgan fingerprint density at radius 1 is 1.04 bits per heavy atom. The molecule has 0 spiro atoms. The lowest BCUT2D eigenvalue weighted by atomic mass is 10.1.